The van der Waals surface area contributed by atoms with Crippen molar-refractivity contribution in [3.8, 4) is 11.5 Å². The molecule has 0 unspecified atom stereocenters. The van der Waals surface area contributed by atoms with Gasteiger partial charge in [0.25, 0.3) is 0 Å². The van der Waals surface area contributed by atoms with E-state index in [0.717, 1.165) is 30.1 Å². The summed E-state index contributed by atoms with van der Waals surface area (Å²) in [6, 6.07) is 7.66. The lowest BCUT2D eigenvalue weighted by molar-refractivity contribution is -0.116. The van der Waals surface area contributed by atoms with Gasteiger partial charge >= 0.3 is 0 Å². The highest BCUT2D eigenvalue weighted by atomic mass is 16.5. The molecule has 1 fully saturated rings. The Hall–Kier alpha value is -2.80. The zero-order valence-corrected chi connectivity index (χ0v) is 17.1. The van der Waals surface area contributed by atoms with Crippen molar-refractivity contribution in [1.82, 2.24) is 4.98 Å². The zero-order chi connectivity index (χ0) is 20.5. The van der Waals surface area contributed by atoms with E-state index >= 15 is 0 Å². The first kappa shape index (κ1) is 20.9. The predicted octanol–water partition coefficient (Wildman–Crippen LogP) is 3.29. The molecule has 7 heteroatoms. The van der Waals surface area contributed by atoms with Crippen LogP contribution in [0.15, 0.2) is 36.7 Å². The lowest BCUT2D eigenvalue weighted by Gasteiger charge is -2.31. The van der Waals surface area contributed by atoms with E-state index in [4.69, 9.17) is 14.2 Å². The number of nitrogens with zero attached hydrogens (tertiary/aromatic N) is 2. The Labute approximate surface area is 172 Å². The second-order valence-electron chi connectivity index (χ2n) is 6.69. The number of aromatic nitrogens is 1. The first-order valence-corrected chi connectivity index (χ1v) is 10.2. The van der Waals surface area contributed by atoms with Crippen LogP contribution >= 0.6 is 0 Å². The number of carbonyl (C=O) groups is 1. The Morgan fingerprint density at radius 3 is 2.62 bits per heavy atom. The van der Waals surface area contributed by atoms with Crippen LogP contribution in [-0.2, 0) is 16.0 Å². The summed E-state index contributed by atoms with van der Waals surface area (Å²) >= 11 is 0. The van der Waals surface area contributed by atoms with Crippen LogP contribution in [0.3, 0.4) is 0 Å². The molecule has 1 aromatic heterocycles. The Kier molecular flexibility index (Phi) is 7.69. The molecule has 29 heavy (non-hydrogen) atoms. The van der Waals surface area contributed by atoms with Crippen LogP contribution in [0.4, 0.5) is 11.4 Å². The van der Waals surface area contributed by atoms with Gasteiger partial charge in [0, 0.05) is 44.0 Å². The first-order chi connectivity index (χ1) is 14.2. The third-order valence-corrected chi connectivity index (χ3v) is 4.65. The molecule has 0 radical (unpaired) electrons. The zero-order valence-electron chi connectivity index (χ0n) is 17.1. The minimum absolute atomic E-state index is 0.0728. The minimum atomic E-state index is -0.0728. The Balaban J connectivity index is 1.78. The van der Waals surface area contributed by atoms with Gasteiger partial charge in [-0.1, -0.05) is 6.07 Å². The molecule has 0 bridgehead atoms. The lowest BCUT2D eigenvalue weighted by Crippen LogP contribution is -2.36. The number of hydrogen-bond acceptors (Lipinski definition) is 6. The molecule has 0 saturated carbocycles. The average molecular weight is 399 g/mol. The van der Waals surface area contributed by atoms with E-state index in [-0.39, 0.29) is 5.91 Å². The SMILES string of the molecule is CCOc1cc(N2CCOCC2)c(OCC)cc1NC(=O)CCc1cccnc1. The Morgan fingerprint density at radius 2 is 1.93 bits per heavy atom. The number of pyridine rings is 1. The van der Waals surface area contributed by atoms with Crippen molar-refractivity contribution in [3.63, 3.8) is 0 Å². The number of nitrogens with one attached hydrogen (secondary N) is 1. The molecule has 1 N–H and O–H groups in total. The number of benzene rings is 1. The second-order valence-corrected chi connectivity index (χ2v) is 6.69. The number of hydrogen-bond donors (Lipinski definition) is 1. The molecule has 1 aliphatic rings. The molecule has 0 spiro atoms. The summed E-state index contributed by atoms with van der Waals surface area (Å²) in [5.41, 5.74) is 2.63. The highest BCUT2D eigenvalue weighted by Crippen LogP contribution is 2.39. The molecule has 1 amide bonds. The van der Waals surface area contributed by atoms with E-state index in [1.165, 1.54) is 0 Å². The van der Waals surface area contributed by atoms with Crippen LogP contribution in [0.5, 0.6) is 11.5 Å². The maximum Gasteiger partial charge on any atom is 0.224 e. The van der Waals surface area contributed by atoms with Crippen molar-refractivity contribution in [1.29, 1.82) is 0 Å². The van der Waals surface area contributed by atoms with Gasteiger partial charge in [-0.2, -0.15) is 0 Å². The largest absolute Gasteiger partial charge is 0.492 e. The molecule has 0 atom stereocenters. The highest BCUT2D eigenvalue weighted by molar-refractivity contribution is 5.93. The molecular formula is C22H29N3O4. The smallest absolute Gasteiger partial charge is 0.224 e. The molecule has 0 aliphatic carbocycles. The van der Waals surface area contributed by atoms with E-state index in [1.807, 2.05) is 38.1 Å². The summed E-state index contributed by atoms with van der Waals surface area (Å²) in [6.07, 6.45) is 4.51. The number of morpholine rings is 1. The van der Waals surface area contributed by atoms with Crippen LogP contribution < -0.4 is 19.7 Å². The van der Waals surface area contributed by atoms with Crippen molar-refractivity contribution in [3.05, 3.63) is 42.2 Å². The molecule has 1 aromatic carbocycles. The monoisotopic (exact) mass is 399 g/mol. The summed E-state index contributed by atoms with van der Waals surface area (Å²) in [4.78, 5) is 18.9. The molecule has 1 aliphatic heterocycles. The number of ether oxygens (including phenoxy) is 3. The summed E-state index contributed by atoms with van der Waals surface area (Å²) in [5.74, 6) is 1.31. The molecule has 7 nitrogen and oxygen atoms in total. The topological polar surface area (TPSA) is 72.9 Å². The summed E-state index contributed by atoms with van der Waals surface area (Å²) in [5, 5.41) is 2.99. The van der Waals surface area contributed by atoms with Gasteiger partial charge in [0.2, 0.25) is 5.91 Å². The van der Waals surface area contributed by atoms with Crippen LogP contribution in [-0.4, -0.2) is 50.4 Å². The van der Waals surface area contributed by atoms with E-state index in [2.05, 4.69) is 15.2 Å². The van der Waals surface area contributed by atoms with Crippen LogP contribution in [0.1, 0.15) is 25.8 Å². The molecule has 2 heterocycles. The number of carbonyl (C=O) groups excluding carboxylic acids is 1. The van der Waals surface area contributed by atoms with Crippen molar-refractivity contribution in [2.24, 2.45) is 0 Å². The van der Waals surface area contributed by atoms with Crippen molar-refractivity contribution in [2.75, 3.05) is 49.7 Å². The van der Waals surface area contributed by atoms with Crippen molar-refractivity contribution >= 4 is 17.3 Å². The van der Waals surface area contributed by atoms with Gasteiger partial charge in [-0.3, -0.25) is 9.78 Å². The average Bonchev–Trinajstić information content (AvgIpc) is 2.75. The number of amides is 1. The van der Waals surface area contributed by atoms with Gasteiger partial charge in [0.1, 0.15) is 11.5 Å². The van der Waals surface area contributed by atoms with E-state index in [0.29, 0.717) is 50.7 Å². The van der Waals surface area contributed by atoms with Gasteiger partial charge in [0.15, 0.2) is 0 Å². The third-order valence-electron chi connectivity index (χ3n) is 4.65. The summed E-state index contributed by atoms with van der Waals surface area (Å²) in [6.45, 7) is 7.88. The molecular weight excluding hydrogens is 370 g/mol. The third kappa shape index (κ3) is 5.84. The van der Waals surface area contributed by atoms with E-state index in [1.54, 1.807) is 12.4 Å². The molecule has 3 rings (SSSR count). The van der Waals surface area contributed by atoms with Gasteiger partial charge in [0.05, 0.1) is 37.8 Å². The maximum absolute atomic E-state index is 12.5. The van der Waals surface area contributed by atoms with Gasteiger partial charge < -0.3 is 24.4 Å². The van der Waals surface area contributed by atoms with Crippen molar-refractivity contribution in [2.45, 2.75) is 26.7 Å². The van der Waals surface area contributed by atoms with E-state index < -0.39 is 0 Å². The van der Waals surface area contributed by atoms with Crippen LogP contribution in [0.25, 0.3) is 0 Å². The Morgan fingerprint density at radius 1 is 1.17 bits per heavy atom. The fourth-order valence-electron chi connectivity index (χ4n) is 3.26. The fourth-order valence-corrected chi connectivity index (χ4v) is 3.26. The normalized spacial score (nSPS) is 13.8. The highest BCUT2D eigenvalue weighted by Gasteiger charge is 2.20. The second kappa shape index (κ2) is 10.7. The standard InChI is InChI=1S/C22H29N3O4/c1-3-28-20-15-19(25-10-12-27-13-11-25)21(29-4-2)14-18(20)24-22(26)8-7-17-6-5-9-23-16-17/h5-6,9,14-16H,3-4,7-8,10-13H2,1-2H3,(H,24,26). The maximum atomic E-state index is 12.5. The van der Waals surface area contributed by atoms with E-state index in [9.17, 15) is 4.79 Å². The quantitative estimate of drug-likeness (QED) is 0.698. The van der Waals surface area contributed by atoms with Crippen LogP contribution in [0.2, 0.25) is 0 Å². The number of anilines is 2. The van der Waals surface area contributed by atoms with Gasteiger partial charge in [-0.15, -0.1) is 0 Å². The fraction of sp³-hybridized carbons (Fsp3) is 0.455. The van der Waals surface area contributed by atoms with Crippen molar-refractivity contribution < 1.29 is 19.0 Å². The lowest BCUT2D eigenvalue weighted by atomic mass is 10.1. The molecule has 2 aromatic rings. The first-order valence-electron chi connectivity index (χ1n) is 10.2. The van der Waals surface area contributed by atoms with Gasteiger partial charge in [-0.05, 0) is 31.9 Å². The minimum Gasteiger partial charge on any atom is -0.492 e. The van der Waals surface area contributed by atoms with Crippen LogP contribution in [0, 0.1) is 0 Å². The summed E-state index contributed by atoms with van der Waals surface area (Å²) < 4.78 is 17.2. The molecule has 1 saturated heterocycles. The number of rotatable bonds is 9. The Bertz CT molecular complexity index is 792. The van der Waals surface area contributed by atoms with Gasteiger partial charge in [-0.25, -0.2) is 0 Å². The summed E-state index contributed by atoms with van der Waals surface area (Å²) in [7, 11) is 0. The predicted molar refractivity (Wildman–Crippen MR) is 113 cm³/mol. The molecule has 156 valence electrons. The number of aryl methyl sites for hydroxylation is 1.